The maximum absolute atomic E-state index is 11.8. The molecule has 0 aliphatic rings. The number of nitrogens with zero attached hydrogens (tertiary/aromatic N) is 3. The van der Waals surface area contributed by atoms with E-state index >= 15 is 0 Å². The first-order valence-electron chi connectivity index (χ1n) is 5.93. The van der Waals surface area contributed by atoms with Crippen molar-refractivity contribution < 1.29 is 4.21 Å². The van der Waals surface area contributed by atoms with Gasteiger partial charge in [-0.15, -0.1) is 0 Å². The molecule has 3 rings (SSSR count). The number of aromatic amines is 1. The number of hydrogen-bond acceptors (Lipinski definition) is 4. The van der Waals surface area contributed by atoms with Gasteiger partial charge in [0.05, 0.1) is 34.1 Å². The molecule has 1 aromatic carbocycles. The molecule has 0 aliphatic carbocycles. The topological polar surface area (TPSA) is 82.4 Å². The van der Waals surface area contributed by atoms with Crippen molar-refractivity contribution in [3.63, 3.8) is 0 Å². The van der Waals surface area contributed by atoms with Crippen LogP contribution < -0.4 is 0 Å². The minimum Gasteiger partial charge on any atom is -0.337 e. The zero-order valence-electron chi connectivity index (χ0n) is 10.4. The van der Waals surface area contributed by atoms with Crippen LogP contribution in [0.3, 0.4) is 0 Å². The molecule has 0 saturated heterocycles. The third kappa shape index (κ3) is 2.31. The Bertz CT molecular complexity index is 801. The van der Waals surface area contributed by atoms with Gasteiger partial charge in [-0.05, 0) is 18.2 Å². The third-order valence-electron chi connectivity index (χ3n) is 2.85. The number of benzene rings is 1. The Balaban J connectivity index is 2.04. The summed E-state index contributed by atoms with van der Waals surface area (Å²) in [5, 5.41) is 8.61. The van der Waals surface area contributed by atoms with Crippen LogP contribution in [0.4, 0.5) is 0 Å². The van der Waals surface area contributed by atoms with Crippen molar-refractivity contribution in [3.8, 4) is 17.5 Å². The normalized spacial score (nSPS) is 12.2. The Morgan fingerprint density at radius 2 is 2.25 bits per heavy atom. The molecule has 1 unspecified atom stereocenters. The van der Waals surface area contributed by atoms with E-state index in [1.807, 2.05) is 24.3 Å². The van der Waals surface area contributed by atoms with Crippen LogP contribution in [0.25, 0.3) is 22.4 Å². The fourth-order valence-corrected chi connectivity index (χ4v) is 2.69. The summed E-state index contributed by atoms with van der Waals surface area (Å²) in [6, 6.07) is 11.0. The standard InChI is InChI=1S/C14H10N4OS/c15-5-7-20(19)11-3-1-2-10(8-11)14-17-12-4-6-16-9-13(12)18-14/h1-4,6,8-9H,7H2,(H,17,18). The van der Waals surface area contributed by atoms with Crippen LogP contribution in [-0.2, 0) is 10.8 Å². The van der Waals surface area contributed by atoms with Crippen LogP contribution in [0, 0.1) is 11.3 Å². The summed E-state index contributed by atoms with van der Waals surface area (Å²) in [7, 11) is -1.30. The van der Waals surface area contributed by atoms with E-state index in [4.69, 9.17) is 5.26 Å². The van der Waals surface area contributed by atoms with Gasteiger partial charge in [0.25, 0.3) is 0 Å². The summed E-state index contributed by atoms with van der Waals surface area (Å²) >= 11 is 0. The van der Waals surface area contributed by atoms with Gasteiger partial charge in [-0.25, -0.2) is 4.98 Å². The molecule has 0 spiro atoms. The molecule has 0 radical (unpaired) electrons. The highest BCUT2D eigenvalue weighted by Gasteiger charge is 2.08. The highest BCUT2D eigenvalue weighted by molar-refractivity contribution is 7.85. The molecule has 0 bridgehead atoms. The van der Waals surface area contributed by atoms with Gasteiger partial charge in [-0.2, -0.15) is 5.26 Å². The molecule has 2 aromatic heterocycles. The van der Waals surface area contributed by atoms with Crippen LogP contribution in [0.5, 0.6) is 0 Å². The molecule has 0 saturated carbocycles. The van der Waals surface area contributed by atoms with Crippen molar-refractivity contribution in [1.82, 2.24) is 15.0 Å². The van der Waals surface area contributed by atoms with Crippen molar-refractivity contribution >= 4 is 21.8 Å². The predicted octanol–water partition coefficient (Wildman–Crippen LogP) is 2.26. The largest absolute Gasteiger partial charge is 0.337 e. The quantitative estimate of drug-likeness (QED) is 0.798. The number of fused-ring (bicyclic) bond motifs is 1. The van der Waals surface area contributed by atoms with E-state index in [2.05, 4.69) is 15.0 Å². The van der Waals surface area contributed by atoms with Gasteiger partial charge in [0.1, 0.15) is 11.6 Å². The number of nitriles is 1. The lowest BCUT2D eigenvalue weighted by molar-refractivity contribution is 0.685. The van der Waals surface area contributed by atoms with Gasteiger partial charge < -0.3 is 4.98 Å². The number of pyridine rings is 1. The molecule has 3 aromatic rings. The molecule has 6 heteroatoms. The van der Waals surface area contributed by atoms with Gasteiger partial charge in [0, 0.05) is 16.7 Å². The maximum atomic E-state index is 11.8. The fourth-order valence-electron chi connectivity index (χ4n) is 1.92. The Morgan fingerprint density at radius 1 is 1.35 bits per heavy atom. The minimum atomic E-state index is -1.30. The van der Waals surface area contributed by atoms with E-state index in [0.29, 0.717) is 10.7 Å². The second kappa shape index (κ2) is 5.23. The van der Waals surface area contributed by atoms with E-state index < -0.39 is 10.8 Å². The van der Waals surface area contributed by atoms with Crippen LogP contribution in [0.2, 0.25) is 0 Å². The highest BCUT2D eigenvalue weighted by atomic mass is 32.2. The van der Waals surface area contributed by atoms with Crippen molar-refractivity contribution in [2.24, 2.45) is 0 Å². The molecule has 20 heavy (non-hydrogen) atoms. The summed E-state index contributed by atoms with van der Waals surface area (Å²) in [6.07, 6.45) is 3.40. The molecule has 2 heterocycles. The zero-order chi connectivity index (χ0) is 13.9. The van der Waals surface area contributed by atoms with E-state index in [9.17, 15) is 4.21 Å². The Hall–Kier alpha value is -2.52. The molecule has 1 atom stereocenters. The number of aromatic nitrogens is 3. The summed E-state index contributed by atoms with van der Waals surface area (Å²) < 4.78 is 11.8. The Morgan fingerprint density at radius 3 is 3.05 bits per heavy atom. The summed E-state index contributed by atoms with van der Waals surface area (Å²) in [6.45, 7) is 0. The number of H-pyrrole nitrogens is 1. The van der Waals surface area contributed by atoms with Crippen molar-refractivity contribution in [3.05, 3.63) is 42.7 Å². The first-order valence-corrected chi connectivity index (χ1v) is 7.25. The van der Waals surface area contributed by atoms with E-state index in [1.165, 1.54) is 0 Å². The average molecular weight is 282 g/mol. The van der Waals surface area contributed by atoms with Gasteiger partial charge in [0.2, 0.25) is 0 Å². The lowest BCUT2D eigenvalue weighted by Crippen LogP contribution is -1.95. The smallest absolute Gasteiger partial charge is 0.138 e. The summed E-state index contributed by atoms with van der Waals surface area (Å²) in [5.74, 6) is 0.692. The van der Waals surface area contributed by atoms with E-state index in [0.717, 1.165) is 16.6 Å². The number of rotatable bonds is 3. The number of nitrogens with one attached hydrogen (secondary N) is 1. The molecule has 98 valence electrons. The van der Waals surface area contributed by atoms with Crippen LogP contribution in [0.15, 0.2) is 47.6 Å². The van der Waals surface area contributed by atoms with Gasteiger partial charge in [-0.3, -0.25) is 9.19 Å². The average Bonchev–Trinajstić information content (AvgIpc) is 2.91. The lowest BCUT2D eigenvalue weighted by atomic mass is 10.2. The summed E-state index contributed by atoms with van der Waals surface area (Å²) in [4.78, 5) is 12.3. The zero-order valence-corrected chi connectivity index (χ0v) is 11.2. The SMILES string of the molecule is N#CCS(=O)c1cccc(-c2nc3ccncc3[nH]2)c1. The molecule has 5 nitrogen and oxygen atoms in total. The van der Waals surface area contributed by atoms with E-state index in [-0.39, 0.29) is 5.75 Å². The first kappa shape index (κ1) is 12.5. The van der Waals surface area contributed by atoms with Crippen molar-refractivity contribution in [2.75, 3.05) is 5.75 Å². The summed E-state index contributed by atoms with van der Waals surface area (Å²) in [5.41, 5.74) is 2.52. The Labute approximate surface area is 117 Å². The molecular weight excluding hydrogens is 272 g/mol. The van der Waals surface area contributed by atoms with Gasteiger partial charge >= 0.3 is 0 Å². The van der Waals surface area contributed by atoms with Crippen molar-refractivity contribution in [1.29, 1.82) is 5.26 Å². The van der Waals surface area contributed by atoms with Gasteiger partial charge in [0.15, 0.2) is 0 Å². The minimum absolute atomic E-state index is 0.00644. The second-order valence-electron chi connectivity index (χ2n) is 4.15. The maximum Gasteiger partial charge on any atom is 0.138 e. The second-order valence-corrected chi connectivity index (χ2v) is 5.61. The highest BCUT2D eigenvalue weighted by Crippen LogP contribution is 2.22. The Kier molecular flexibility index (Phi) is 3.27. The predicted molar refractivity (Wildman–Crippen MR) is 76.2 cm³/mol. The molecule has 1 N–H and O–H groups in total. The van der Waals surface area contributed by atoms with Crippen LogP contribution >= 0.6 is 0 Å². The number of hydrogen-bond donors (Lipinski definition) is 1. The number of imidazole rings is 1. The molecule has 0 amide bonds. The first-order chi connectivity index (χ1) is 9.78. The van der Waals surface area contributed by atoms with Crippen LogP contribution in [-0.4, -0.2) is 24.9 Å². The molecular formula is C14H10N4OS. The molecule has 0 aliphatic heterocycles. The fraction of sp³-hybridized carbons (Fsp3) is 0.0714. The van der Waals surface area contributed by atoms with E-state index in [1.54, 1.807) is 24.5 Å². The van der Waals surface area contributed by atoms with Gasteiger partial charge in [-0.1, -0.05) is 12.1 Å². The lowest BCUT2D eigenvalue weighted by Gasteiger charge is -2.01. The third-order valence-corrected chi connectivity index (χ3v) is 4.02. The molecule has 0 fully saturated rings. The van der Waals surface area contributed by atoms with Crippen molar-refractivity contribution in [2.45, 2.75) is 4.90 Å². The monoisotopic (exact) mass is 282 g/mol. The van der Waals surface area contributed by atoms with Crippen LogP contribution in [0.1, 0.15) is 0 Å².